The number of nitrogens with zero attached hydrogens (tertiary/aromatic N) is 3. The summed E-state index contributed by atoms with van der Waals surface area (Å²) in [5.74, 6) is 0.282. The fourth-order valence-electron chi connectivity index (χ4n) is 3.30. The van der Waals surface area contributed by atoms with Gasteiger partial charge in [-0.15, -0.1) is 11.3 Å². The van der Waals surface area contributed by atoms with Gasteiger partial charge in [0.25, 0.3) is 0 Å². The summed E-state index contributed by atoms with van der Waals surface area (Å²) in [7, 11) is 2.12. The van der Waals surface area contributed by atoms with E-state index in [0.717, 1.165) is 45.8 Å². The van der Waals surface area contributed by atoms with Gasteiger partial charge in [-0.1, -0.05) is 6.07 Å². The molecule has 2 atom stereocenters. The van der Waals surface area contributed by atoms with E-state index in [9.17, 15) is 4.79 Å². The number of hydrogen-bond acceptors (Lipinski definition) is 5. The number of carbonyl (C=O) groups excluding carboxylic acids is 1. The molecule has 0 bridgehead atoms. The average Bonchev–Trinajstić information content (AvgIpc) is 3.02. The summed E-state index contributed by atoms with van der Waals surface area (Å²) < 4.78 is 0. The van der Waals surface area contributed by atoms with E-state index in [2.05, 4.69) is 51.5 Å². The zero-order valence-electron chi connectivity index (χ0n) is 13.5. The third-order valence-electron chi connectivity index (χ3n) is 4.63. The lowest BCUT2D eigenvalue weighted by atomic mass is 10.1. The minimum atomic E-state index is -0.104. The molecule has 0 spiro atoms. The Morgan fingerprint density at radius 2 is 2.09 bits per heavy atom. The molecule has 3 heterocycles. The van der Waals surface area contributed by atoms with Crippen LogP contribution in [0, 0.1) is 0 Å². The van der Waals surface area contributed by atoms with Crippen molar-refractivity contribution in [2.45, 2.75) is 19.0 Å². The Morgan fingerprint density at radius 1 is 1.32 bits per heavy atom. The molecule has 2 saturated heterocycles. The topological polar surface area (TPSA) is 38.8 Å². The van der Waals surface area contributed by atoms with Gasteiger partial charge in [0.2, 0.25) is 5.91 Å². The van der Waals surface area contributed by atoms with Crippen LogP contribution in [0.25, 0.3) is 0 Å². The van der Waals surface area contributed by atoms with E-state index in [-0.39, 0.29) is 11.9 Å². The number of carbonyl (C=O) groups is 1. The minimum absolute atomic E-state index is 0.104. The second-order valence-corrected chi connectivity index (χ2v) is 7.38. The molecule has 6 heteroatoms. The van der Waals surface area contributed by atoms with Gasteiger partial charge in [-0.3, -0.25) is 9.69 Å². The van der Waals surface area contributed by atoms with Crippen molar-refractivity contribution in [3.05, 3.63) is 22.4 Å². The number of piperazine rings is 2. The van der Waals surface area contributed by atoms with Crippen LogP contribution in [0.1, 0.15) is 17.8 Å². The maximum absolute atomic E-state index is 13.2. The van der Waals surface area contributed by atoms with Gasteiger partial charge in [-0.25, -0.2) is 0 Å². The predicted octanol–water partition coefficient (Wildman–Crippen LogP) is 0.857. The molecule has 0 saturated carbocycles. The third kappa shape index (κ3) is 3.51. The first kappa shape index (κ1) is 15.9. The molecular weight excluding hydrogens is 296 g/mol. The Hall–Kier alpha value is -0.950. The van der Waals surface area contributed by atoms with Gasteiger partial charge in [0.15, 0.2) is 0 Å². The van der Waals surface area contributed by atoms with E-state index >= 15 is 0 Å². The summed E-state index contributed by atoms with van der Waals surface area (Å²) in [5.41, 5.74) is 0. The van der Waals surface area contributed by atoms with Crippen LogP contribution in [-0.2, 0) is 4.79 Å². The molecule has 0 aliphatic carbocycles. The molecule has 2 aliphatic heterocycles. The number of thiophene rings is 1. The van der Waals surface area contributed by atoms with E-state index in [4.69, 9.17) is 0 Å². The second kappa shape index (κ2) is 7.08. The second-order valence-electron chi connectivity index (χ2n) is 6.40. The smallest absolute Gasteiger partial charge is 0.245 e. The highest BCUT2D eigenvalue weighted by Crippen LogP contribution is 2.28. The summed E-state index contributed by atoms with van der Waals surface area (Å²) in [6, 6.07) is 4.50. The molecule has 0 radical (unpaired) electrons. The molecule has 3 rings (SSSR count). The largest absolute Gasteiger partial charge is 0.338 e. The van der Waals surface area contributed by atoms with Crippen molar-refractivity contribution in [3.8, 4) is 0 Å². The van der Waals surface area contributed by atoms with Crippen LogP contribution in [0.4, 0.5) is 0 Å². The van der Waals surface area contributed by atoms with Crippen LogP contribution in [0.5, 0.6) is 0 Å². The molecule has 1 aromatic heterocycles. The molecule has 2 aliphatic rings. The van der Waals surface area contributed by atoms with Crippen LogP contribution >= 0.6 is 11.3 Å². The fourth-order valence-corrected chi connectivity index (χ4v) is 4.15. The molecular formula is C16H26N4OS. The SMILES string of the molecule is CC1CN(C(C(=O)N2CCN(C)CC2)c2cccs2)CCN1. The Bertz CT molecular complexity index is 484. The summed E-state index contributed by atoms with van der Waals surface area (Å²) in [6.07, 6.45) is 0. The molecule has 0 aromatic carbocycles. The van der Waals surface area contributed by atoms with Crippen molar-refractivity contribution >= 4 is 17.2 Å². The number of amides is 1. The Kier molecular flexibility index (Phi) is 5.13. The number of hydrogen-bond donors (Lipinski definition) is 1. The number of nitrogens with one attached hydrogen (secondary N) is 1. The minimum Gasteiger partial charge on any atom is -0.338 e. The molecule has 1 aromatic rings. The van der Waals surface area contributed by atoms with Crippen LogP contribution in [0.2, 0.25) is 0 Å². The first-order valence-electron chi connectivity index (χ1n) is 8.13. The molecule has 22 heavy (non-hydrogen) atoms. The number of rotatable bonds is 3. The Labute approximate surface area is 136 Å². The molecule has 5 nitrogen and oxygen atoms in total. The normalized spacial score (nSPS) is 26.1. The quantitative estimate of drug-likeness (QED) is 0.896. The monoisotopic (exact) mass is 322 g/mol. The van der Waals surface area contributed by atoms with Gasteiger partial charge in [-0.2, -0.15) is 0 Å². The number of likely N-dealkylation sites (N-methyl/N-ethyl adjacent to an activating group) is 1. The molecule has 122 valence electrons. The van der Waals surface area contributed by atoms with Crippen LogP contribution in [0.3, 0.4) is 0 Å². The first-order valence-corrected chi connectivity index (χ1v) is 9.01. The van der Waals surface area contributed by atoms with E-state index in [1.807, 2.05) is 0 Å². The standard InChI is InChI=1S/C16H26N4OS/c1-13-12-20(6-5-17-13)15(14-4-3-11-22-14)16(21)19-9-7-18(2)8-10-19/h3-4,11,13,15,17H,5-10,12H2,1-2H3. The van der Waals surface area contributed by atoms with Crippen LogP contribution in [0.15, 0.2) is 17.5 Å². The van der Waals surface area contributed by atoms with Gasteiger partial charge in [0.1, 0.15) is 6.04 Å². The molecule has 2 unspecified atom stereocenters. The van der Waals surface area contributed by atoms with E-state index in [1.54, 1.807) is 11.3 Å². The van der Waals surface area contributed by atoms with Crippen molar-refractivity contribution in [2.75, 3.05) is 52.9 Å². The maximum Gasteiger partial charge on any atom is 0.245 e. The summed E-state index contributed by atoms with van der Waals surface area (Å²) in [6.45, 7) is 8.66. The highest BCUT2D eigenvalue weighted by molar-refractivity contribution is 7.10. The summed E-state index contributed by atoms with van der Waals surface area (Å²) in [4.78, 5) is 21.0. The molecule has 1 N–H and O–H groups in total. The lowest BCUT2D eigenvalue weighted by molar-refractivity contribution is -0.139. The van der Waals surface area contributed by atoms with Gasteiger partial charge >= 0.3 is 0 Å². The third-order valence-corrected chi connectivity index (χ3v) is 5.55. The highest BCUT2D eigenvalue weighted by atomic mass is 32.1. The van der Waals surface area contributed by atoms with Crippen molar-refractivity contribution in [2.24, 2.45) is 0 Å². The van der Waals surface area contributed by atoms with E-state index in [0.29, 0.717) is 6.04 Å². The lowest BCUT2D eigenvalue weighted by Gasteiger charge is -2.40. The fraction of sp³-hybridized carbons (Fsp3) is 0.688. The van der Waals surface area contributed by atoms with Crippen molar-refractivity contribution in [1.29, 1.82) is 0 Å². The summed E-state index contributed by atoms with van der Waals surface area (Å²) >= 11 is 1.70. The Balaban J connectivity index is 1.77. The highest BCUT2D eigenvalue weighted by Gasteiger charge is 2.34. The Morgan fingerprint density at radius 3 is 2.73 bits per heavy atom. The first-order chi connectivity index (χ1) is 10.6. The van der Waals surface area contributed by atoms with Gasteiger partial charge < -0.3 is 15.1 Å². The summed E-state index contributed by atoms with van der Waals surface area (Å²) in [5, 5.41) is 5.54. The zero-order chi connectivity index (χ0) is 15.5. The van der Waals surface area contributed by atoms with Crippen molar-refractivity contribution < 1.29 is 4.79 Å². The van der Waals surface area contributed by atoms with Gasteiger partial charge in [-0.05, 0) is 25.4 Å². The van der Waals surface area contributed by atoms with Crippen LogP contribution in [-0.4, -0.2) is 79.5 Å². The molecule has 2 fully saturated rings. The molecule has 1 amide bonds. The van der Waals surface area contributed by atoms with E-state index < -0.39 is 0 Å². The van der Waals surface area contributed by atoms with Gasteiger partial charge in [0.05, 0.1) is 0 Å². The lowest BCUT2D eigenvalue weighted by Crippen LogP contribution is -2.55. The predicted molar refractivity (Wildman–Crippen MR) is 90.2 cm³/mol. The maximum atomic E-state index is 13.2. The van der Waals surface area contributed by atoms with Crippen molar-refractivity contribution in [3.63, 3.8) is 0 Å². The van der Waals surface area contributed by atoms with Gasteiger partial charge in [0, 0.05) is 56.7 Å². The van der Waals surface area contributed by atoms with E-state index in [1.165, 1.54) is 4.88 Å². The van der Waals surface area contributed by atoms with Crippen molar-refractivity contribution in [1.82, 2.24) is 20.0 Å². The van der Waals surface area contributed by atoms with Crippen LogP contribution < -0.4 is 5.32 Å². The zero-order valence-corrected chi connectivity index (χ0v) is 14.3. The average molecular weight is 322 g/mol.